The molecule has 0 spiro atoms. The van der Waals surface area contributed by atoms with Crippen molar-refractivity contribution >= 4 is 26.7 Å². The van der Waals surface area contributed by atoms with E-state index in [0.717, 1.165) is 5.39 Å². The van der Waals surface area contributed by atoms with E-state index in [1.54, 1.807) is 18.2 Å². The molecule has 1 atom stereocenters. The van der Waals surface area contributed by atoms with Crippen LogP contribution < -0.4 is 0 Å². The van der Waals surface area contributed by atoms with Crippen molar-refractivity contribution in [3.05, 3.63) is 48.0 Å². The van der Waals surface area contributed by atoms with Crippen molar-refractivity contribution in [1.82, 2.24) is 0 Å². The number of aliphatic hydroxyl groups is 1. The first-order chi connectivity index (χ1) is 7.50. The van der Waals surface area contributed by atoms with Crippen LogP contribution in [0.3, 0.4) is 0 Å². The molecular formula is C12H9BrF2O. The molecule has 0 fully saturated rings. The third kappa shape index (κ3) is 2.08. The van der Waals surface area contributed by atoms with Crippen LogP contribution in [-0.2, 0) is 0 Å². The number of hydrogen-bond donors (Lipinski definition) is 1. The van der Waals surface area contributed by atoms with Gasteiger partial charge in [0.25, 0.3) is 0 Å². The summed E-state index contributed by atoms with van der Waals surface area (Å²) in [6.45, 7) is 0. The van der Waals surface area contributed by atoms with Crippen LogP contribution in [0.5, 0.6) is 0 Å². The lowest BCUT2D eigenvalue weighted by Crippen LogP contribution is -2.18. The van der Waals surface area contributed by atoms with Crippen LogP contribution in [0, 0.1) is 0 Å². The zero-order valence-electron chi connectivity index (χ0n) is 8.20. The summed E-state index contributed by atoms with van der Waals surface area (Å²) >= 11 is 2.18. The van der Waals surface area contributed by atoms with Crippen molar-refractivity contribution in [2.45, 2.75) is 10.9 Å². The first-order valence-electron chi connectivity index (χ1n) is 4.72. The van der Waals surface area contributed by atoms with Crippen molar-refractivity contribution < 1.29 is 13.9 Å². The molecule has 16 heavy (non-hydrogen) atoms. The van der Waals surface area contributed by atoms with E-state index in [1.807, 2.05) is 18.2 Å². The van der Waals surface area contributed by atoms with E-state index in [9.17, 15) is 13.9 Å². The number of aliphatic hydroxyl groups excluding tert-OH is 1. The molecule has 0 aliphatic rings. The molecule has 0 aromatic heterocycles. The summed E-state index contributed by atoms with van der Waals surface area (Å²) in [5, 5.41) is 11.0. The predicted octanol–water partition coefficient (Wildman–Crippen LogP) is 3.86. The van der Waals surface area contributed by atoms with Gasteiger partial charge in [0, 0.05) is 0 Å². The highest BCUT2D eigenvalue weighted by molar-refractivity contribution is 9.10. The van der Waals surface area contributed by atoms with Gasteiger partial charge in [0.1, 0.15) is 0 Å². The fourth-order valence-corrected chi connectivity index (χ4v) is 1.91. The lowest BCUT2D eigenvalue weighted by molar-refractivity contribution is -0.0286. The molecule has 1 nitrogen and oxygen atoms in total. The number of fused-ring (bicyclic) bond motifs is 1. The molecule has 0 radical (unpaired) electrons. The normalized spacial score (nSPS) is 14.0. The van der Waals surface area contributed by atoms with Gasteiger partial charge >= 0.3 is 4.83 Å². The standard InChI is InChI=1S/C12H9BrF2O/c13-12(14,15)11(16)10-7-3-5-8-4-1-2-6-9(8)10/h1-7,11,16H/t11-/m0/s1. The minimum absolute atomic E-state index is 0.222. The van der Waals surface area contributed by atoms with E-state index in [4.69, 9.17) is 0 Å². The van der Waals surface area contributed by atoms with Gasteiger partial charge in [-0.1, -0.05) is 42.5 Å². The van der Waals surface area contributed by atoms with Gasteiger partial charge in [0.05, 0.1) is 0 Å². The Kier molecular flexibility index (Phi) is 2.95. The molecule has 2 aromatic carbocycles. The topological polar surface area (TPSA) is 20.2 Å². The number of halogens is 3. The van der Waals surface area contributed by atoms with Gasteiger partial charge in [-0.2, -0.15) is 8.78 Å². The van der Waals surface area contributed by atoms with E-state index >= 15 is 0 Å². The predicted molar refractivity (Wildman–Crippen MR) is 62.8 cm³/mol. The number of hydrogen-bond acceptors (Lipinski definition) is 1. The Morgan fingerprint density at radius 1 is 1.06 bits per heavy atom. The van der Waals surface area contributed by atoms with Crippen molar-refractivity contribution in [2.24, 2.45) is 0 Å². The second kappa shape index (κ2) is 4.11. The van der Waals surface area contributed by atoms with Crippen molar-refractivity contribution in [3.63, 3.8) is 0 Å². The minimum atomic E-state index is -3.32. The van der Waals surface area contributed by atoms with Crippen LogP contribution in [0.1, 0.15) is 11.7 Å². The molecule has 2 rings (SSSR count). The first-order valence-corrected chi connectivity index (χ1v) is 5.52. The minimum Gasteiger partial charge on any atom is -0.381 e. The van der Waals surface area contributed by atoms with Crippen LogP contribution in [0.2, 0.25) is 0 Å². The summed E-state index contributed by atoms with van der Waals surface area (Å²) in [4.78, 5) is -3.32. The molecule has 0 unspecified atom stereocenters. The van der Waals surface area contributed by atoms with Gasteiger partial charge in [0.2, 0.25) is 0 Å². The third-order valence-electron chi connectivity index (χ3n) is 2.43. The molecule has 0 amide bonds. The van der Waals surface area contributed by atoms with E-state index in [1.165, 1.54) is 6.07 Å². The highest BCUT2D eigenvalue weighted by Gasteiger charge is 2.36. The zero-order chi connectivity index (χ0) is 11.8. The van der Waals surface area contributed by atoms with E-state index in [2.05, 4.69) is 15.9 Å². The van der Waals surface area contributed by atoms with Crippen LogP contribution in [0.4, 0.5) is 8.78 Å². The lowest BCUT2D eigenvalue weighted by Gasteiger charge is -2.18. The van der Waals surface area contributed by atoms with E-state index in [0.29, 0.717) is 5.39 Å². The van der Waals surface area contributed by atoms with E-state index in [-0.39, 0.29) is 5.56 Å². The second-order valence-corrected chi connectivity index (χ2v) is 4.57. The molecule has 0 aliphatic carbocycles. The molecule has 0 bridgehead atoms. The van der Waals surface area contributed by atoms with E-state index < -0.39 is 10.9 Å². The maximum absolute atomic E-state index is 13.0. The van der Waals surface area contributed by atoms with Crippen molar-refractivity contribution in [1.29, 1.82) is 0 Å². The quantitative estimate of drug-likeness (QED) is 0.831. The monoisotopic (exact) mass is 286 g/mol. The number of benzene rings is 2. The van der Waals surface area contributed by atoms with Crippen LogP contribution in [0.15, 0.2) is 42.5 Å². The fraction of sp³-hybridized carbons (Fsp3) is 0.167. The Bertz CT molecular complexity index is 502. The zero-order valence-corrected chi connectivity index (χ0v) is 9.79. The van der Waals surface area contributed by atoms with Crippen LogP contribution in [-0.4, -0.2) is 9.94 Å². The molecule has 4 heteroatoms. The molecule has 84 valence electrons. The highest BCUT2D eigenvalue weighted by Crippen LogP contribution is 2.39. The molecule has 1 N–H and O–H groups in total. The Hall–Kier alpha value is -1.00. The maximum atomic E-state index is 13.0. The Labute approximate surface area is 99.8 Å². The smallest absolute Gasteiger partial charge is 0.330 e. The highest BCUT2D eigenvalue weighted by atomic mass is 79.9. The summed E-state index contributed by atoms with van der Waals surface area (Å²) in [5.41, 5.74) is 0.222. The Morgan fingerprint density at radius 2 is 1.69 bits per heavy atom. The molecule has 0 saturated heterocycles. The summed E-state index contributed by atoms with van der Waals surface area (Å²) in [6, 6.07) is 12.1. The Morgan fingerprint density at radius 3 is 2.38 bits per heavy atom. The molecule has 0 heterocycles. The van der Waals surface area contributed by atoms with Gasteiger partial charge in [-0.3, -0.25) is 0 Å². The average molecular weight is 287 g/mol. The SMILES string of the molecule is O[C@@H](c1cccc2ccccc12)C(F)(F)Br. The van der Waals surface area contributed by atoms with Crippen molar-refractivity contribution in [2.75, 3.05) is 0 Å². The lowest BCUT2D eigenvalue weighted by atomic mass is 10.0. The summed E-state index contributed by atoms with van der Waals surface area (Å²) in [7, 11) is 0. The van der Waals surface area contributed by atoms with Gasteiger partial charge in [-0.05, 0) is 32.3 Å². The average Bonchev–Trinajstić information content (AvgIpc) is 2.26. The number of rotatable bonds is 2. The molecular weight excluding hydrogens is 278 g/mol. The summed E-state index contributed by atoms with van der Waals surface area (Å²) < 4.78 is 26.0. The molecule has 2 aromatic rings. The van der Waals surface area contributed by atoms with Gasteiger partial charge in [-0.15, -0.1) is 0 Å². The number of alkyl halides is 3. The molecule has 0 aliphatic heterocycles. The van der Waals surface area contributed by atoms with Gasteiger partial charge < -0.3 is 5.11 Å². The fourth-order valence-electron chi connectivity index (χ4n) is 1.67. The third-order valence-corrected chi connectivity index (χ3v) is 2.86. The Balaban J connectivity index is 2.61. The van der Waals surface area contributed by atoms with Crippen LogP contribution in [0.25, 0.3) is 10.8 Å². The van der Waals surface area contributed by atoms with Crippen molar-refractivity contribution in [3.8, 4) is 0 Å². The molecule has 0 saturated carbocycles. The largest absolute Gasteiger partial charge is 0.381 e. The first kappa shape index (κ1) is 11.5. The van der Waals surface area contributed by atoms with Crippen LogP contribution >= 0.6 is 15.9 Å². The maximum Gasteiger partial charge on any atom is 0.330 e. The van der Waals surface area contributed by atoms with Gasteiger partial charge in [-0.25, -0.2) is 0 Å². The summed E-state index contributed by atoms with van der Waals surface area (Å²) in [5.74, 6) is 0. The van der Waals surface area contributed by atoms with Gasteiger partial charge in [0.15, 0.2) is 6.10 Å². The second-order valence-electron chi connectivity index (χ2n) is 3.51. The summed E-state index contributed by atoms with van der Waals surface area (Å²) in [6.07, 6.45) is -1.85.